The number of aromatic amines is 1. The third-order valence-corrected chi connectivity index (χ3v) is 10.5. The molecule has 284 valence electrons. The molecule has 0 bridgehead atoms. The van der Waals surface area contributed by atoms with E-state index in [9.17, 15) is 30.0 Å². The van der Waals surface area contributed by atoms with Gasteiger partial charge in [0.05, 0.1) is 36.9 Å². The van der Waals surface area contributed by atoms with E-state index in [1.807, 2.05) is 41.3 Å². The normalized spacial score (nSPS) is 21.0. The number of aliphatic hydroxyl groups is 3. The molecule has 0 radical (unpaired) electrons. The van der Waals surface area contributed by atoms with Gasteiger partial charge in [0.2, 0.25) is 11.8 Å². The lowest BCUT2D eigenvalue weighted by atomic mass is 9.91. The van der Waals surface area contributed by atoms with Crippen LogP contribution in [0.25, 0.3) is 11.2 Å². The van der Waals surface area contributed by atoms with Crippen LogP contribution in [0.3, 0.4) is 0 Å². The van der Waals surface area contributed by atoms with Gasteiger partial charge in [-0.05, 0) is 36.1 Å². The molecule has 6 aromatic rings. The maximum atomic E-state index is 12.8. The number of amides is 2. The standard InChI is InChI=1S/C38H41N11O6/c50-20-27-35(53)49(38(55)44-27)29-16-28(31(51)32(29)52)48-21-41-30-33(40-18-26(22-8-3-1-4-9-22)23-10-5-2-6-11-23)45-36(46-34(30)48)47-15-13-25(19-47)43-37(54)42-24-12-7-14-39-17-24/h1-12,14,17,21,25-26,28-29,31-32,50-53H,13,15-16,18-20H2,(H,44,55)(H,40,45,46)(H2,42,43,54)/t25-,28-,29+,31+,32-/m1/s1. The summed E-state index contributed by atoms with van der Waals surface area (Å²) in [5.74, 6) is 0.286. The van der Waals surface area contributed by atoms with E-state index in [1.54, 1.807) is 29.1 Å². The highest BCUT2D eigenvalue weighted by Gasteiger charge is 2.46. The lowest BCUT2D eigenvalue weighted by Gasteiger charge is -2.22. The number of nitrogens with one attached hydrogen (secondary N) is 4. The van der Waals surface area contributed by atoms with Crippen molar-refractivity contribution in [1.29, 1.82) is 0 Å². The summed E-state index contributed by atoms with van der Waals surface area (Å²) in [5, 5.41) is 52.2. The van der Waals surface area contributed by atoms with E-state index in [-0.39, 0.29) is 30.1 Å². The molecule has 5 atom stereocenters. The number of benzene rings is 2. The van der Waals surface area contributed by atoms with Gasteiger partial charge in [0.1, 0.15) is 17.9 Å². The first-order valence-corrected chi connectivity index (χ1v) is 18.1. The molecule has 2 fully saturated rings. The summed E-state index contributed by atoms with van der Waals surface area (Å²) < 4.78 is 2.63. The molecule has 1 saturated heterocycles. The van der Waals surface area contributed by atoms with Crippen molar-refractivity contribution in [3.63, 3.8) is 0 Å². The molecule has 2 aliphatic rings. The van der Waals surface area contributed by atoms with Crippen molar-refractivity contribution in [3.8, 4) is 5.88 Å². The van der Waals surface area contributed by atoms with Crippen molar-refractivity contribution in [2.45, 2.75) is 55.7 Å². The third kappa shape index (κ3) is 7.07. The molecule has 4 aromatic heterocycles. The molecule has 0 unspecified atom stereocenters. The van der Waals surface area contributed by atoms with Gasteiger partial charge >= 0.3 is 11.7 Å². The van der Waals surface area contributed by atoms with E-state index in [2.05, 4.69) is 50.2 Å². The molecular formula is C38H41N11O6. The van der Waals surface area contributed by atoms with Crippen LogP contribution in [0.5, 0.6) is 5.88 Å². The summed E-state index contributed by atoms with van der Waals surface area (Å²) in [7, 11) is 0. The smallest absolute Gasteiger partial charge is 0.329 e. The van der Waals surface area contributed by atoms with E-state index in [4.69, 9.17) is 15.0 Å². The maximum absolute atomic E-state index is 12.8. The van der Waals surface area contributed by atoms with Gasteiger partial charge in [0.15, 0.2) is 17.0 Å². The first-order valence-electron chi connectivity index (χ1n) is 18.1. The maximum Gasteiger partial charge on any atom is 0.329 e. The molecule has 1 saturated carbocycles. The summed E-state index contributed by atoms with van der Waals surface area (Å²) in [5.41, 5.74) is 2.80. The van der Waals surface area contributed by atoms with Crippen molar-refractivity contribution >= 4 is 34.6 Å². The second kappa shape index (κ2) is 15.2. The second-order valence-corrected chi connectivity index (χ2v) is 13.8. The van der Waals surface area contributed by atoms with Crippen molar-refractivity contribution in [2.24, 2.45) is 0 Å². The molecule has 55 heavy (non-hydrogen) atoms. The number of nitrogens with zero attached hydrogens (tertiary/aromatic N) is 7. The Kier molecular flexibility index (Phi) is 9.88. The van der Waals surface area contributed by atoms with Gasteiger partial charge in [0, 0.05) is 37.8 Å². The Morgan fingerprint density at radius 1 is 0.964 bits per heavy atom. The fraction of sp³-hybridized carbons (Fsp3) is 0.316. The summed E-state index contributed by atoms with van der Waals surface area (Å²) in [6, 6.07) is 21.4. The molecule has 1 aliphatic carbocycles. The largest absolute Gasteiger partial charge is 0.493 e. The number of carbonyl (C=O) groups excluding carboxylic acids is 1. The zero-order chi connectivity index (χ0) is 38.1. The number of H-pyrrole nitrogens is 1. The zero-order valence-electron chi connectivity index (χ0n) is 29.6. The van der Waals surface area contributed by atoms with Crippen LogP contribution in [0.15, 0.2) is 96.3 Å². The fourth-order valence-electron chi connectivity index (χ4n) is 7.68. The number of urea groups is 1. The number of carbonyl (C=O) groups is 1. The number of anilines is 3. The summed E-state index contributed by atoms with van der Waals surface area (Å²) >= 11 is 0. The zero-order valence-corrected chi connectivity index (χ0v) is 29.6. The summed E-state index contributed by atoms with van der Waals surface area (Å²) in [6.07, 6.45) is 2.59. The van der Waals surface area contributed by atoms with Gasteiger partial charge in [0.25, 0.3) is 0 Å². The Morgan fingerprint density at radius 3 is 2.36 bits per heavy atom. The van der Waals surface area contributed by atoms with Crippen LogP contribution in [-0.2, 0) is 6.61 Å². The molecule has 0 spiro atoms. The third-order valence-electron chi connectivity index (χ3n) is 10.5. The predicted octanol–water partition coefficient (Wildman–Crippen LogP) is 2.46. The first kappa shape index (κ1) is 35.7. The van der Waals surface area contributed by atoms with Gasteiger partial charge in [-0.15, -0.1) is 0 Å². The quantitative estimate of drug-likeness (QED) is 0.0956. The van der Waals surface area contributed by atoms with Crippen molar-refractivity contribution in [1.82, 2.24) is 39.4 Å². The van der Waals surface area contributed by atoms with Crippen LogP contribution in [0, 0.1) is 0 Å². The van der Waals surface area contributed by atoms with Gasteiger partial charge in [-0.2, -0.15) is 9.97 Å². The van der Waals surface area contributed by atoms with Crippen molar-refractivity contribution in [3.05, 3.63) is 119 Å². The molecule has 2 aromatic carbocycles. The van der Waals surface area contributed by atoms with Crippen molar-refractivity contribution in [2.75, 3.05) is 35.2 Å². The SMILES string of the molecule is O=C(Nc1cccnc1)N[C@@H]1CCN(c2nc(NCC(c3ccccc3)c3ccccc3)c3ncn([C@@H]4C[C@H](n5c(O)c(CO)[nH]c5=O)[C@@H](O)[C@H]4O)c3n2)C1. The Labute approximate surface area is 314 Å². The van der Waals surface area contributed by atoms with Crippen LogP contribution >= 0.6 is 0 Å². The van der Waals surface area contributed by atoms with E-state index in [0.717, 1.165) is 15.7 Å². The minimum atomic E-state index is -1.44. The molecular weight excluding hydrogens is 706 g/mol. The van der Waals surface area contributed by atoms with E-state index >= 15 is 0 Å². The van der Waals surface area contributed by atoms with Gasteiger partial charge in [-0.25, -0.2) is 14.6 Å². The summed E-state index contributed by atoms with van der Waals surface area (Å²) in [4.78, 5) is 48.6. The molecule has 2 amide bonds. The Balaban J connectivity index is 1.12. The number of hydrogen-bond donors (Lipinski definition) is 8. The average Bonchev–Trinajstić information content (AvgIpc) is 3.98. The minimum absolute atomic E-state index is 0.0396. The van der Waals surface area contributed by atoms with E-state index in [1.165, 1.54) is 6.33 Å². The summed E-state index contributed by atoms with van der Waals surface area (Å²) in [6.45, 7) is 0.817. The van der Waals surface area contributed by atoms with Crippen LogP contribution < -0.4 is 26.5 Å². The molecule has 5 heterocycles. The monoisotopic (exact) mass is 747 g/mol. The van der Waals surface area contributed by atoms with Crippen LogP contribution in [0.2, 0.25) is 0 Å². The number of aliphatic hydroxyl groups excluding tert-OH is 3. The topological polar surface area (TPSA) is 232 Å². The lowest BCUT2D eigenvalue weighted by Crippen LogP contribution is -2.40. The van der Waals surface area contributed by atoms with Crippen LogP contribution in [-0.4, -0.2) is 98.4 Å². The van der Waals surface area contributed by atoms with Crippen LogP contribution in [0.4, 0.5) is 22.2 Å². The number of fused-ring (bicyclic) bond motifs is 1. The number of hydrogen-bond acceptors (Lipinski definition) is 12. The number of rotatable bonds is 11. The van der Waals surface area contributed by atoms with Gasteiger partial charge in [-0.3, -0.25) is 9.55 Å². The lowest BCUT2D eigenvalue weighted by molar-refractivity contribution is 0.00758. The molecule has 17 heteroatoms. The van der Waals surface area contributed by atoms with Gasteiger partial charge in [-0.1, -0.05) is 60.7 Å². The molecule has 17 nitrogen and oxygen atoms in total. The number of aromatic hydroxyl groups is 1. The van der Waals surface area contributed by atoms with Crippen molar-refractivity contribution < 1.29 is 25.2 Å². The average molecular weight is 748 g/mol. The fourth-order valence-corrected chi connectivity index (χ4v) is 7.68. The second-order valence-electron chi connectivity index (χ2n) is 13.8. The Morgan fingerprint density at radius 2 is 1.69 bits per heavy atom. The molecule has 8 rings (SSSR count). The van der Waals surface area contributed by atoms with Gasteiger partial charge < -0.3 is 50.8 Å². The van der Waals surface area contributed by atoms with Crippen LogP contribution in [0.1, 0.15) is 47.7 Å². The van der Waals surface area contributed by atoms with E-state index in [0.29, 0.717) is 54.7 Å². The minimum Gasteiger partial charge on any atom is -0.493 e. The first-order chi connectivity index (χ1) is 26.8. The Hall–Kier alpha value is -6.30. The number of pyridine rings is 1. The highest BCUT2D eigenvalue weighted by atomic mass is 16.3. The molecule has 8 N–H and O–H groups in total. The number of imidazole rings is 2. The molecule has 1 aliphatic heterocycles. The Bertz CT molecular complexity index is 2280. The number of aromatic nitrogens is 7. The predicted molar refractivity (Wildman–Crippen MR) is 203 cm³/mol. The highest BCUT2D eigenvalue weighted by Crippen LogP contribution is 2.41. The highest BCUT2D eigenvalue weighted by molar-refractivity contribution is 5.89. The van der Waals surface area contributed by atoms with E-state index < -0.39 is 42.5 Å².